The molecule has 2 aromatic rings. The van der Waals surface area contributed by atoms with Crippen molar-refractivity contribution in [2.45, 2.75) is 58.7 Å². The number of hydrogen-bond donors (Lipinski definition) is 0. The monoisotopic (exact) mass is 440 g/mol. The van der Waals surface area contributed by atoms with Crippen LogP contribution in [0.1, 0.15) is 46.1 Å². The number of para-hydroxylation sites is 2. The molecule has 2 aromatic carbocycles. The van der Waals surface area contributed by atoms with Crippen LogP contribution >= 0.6 is 0 Å². The predicted octanol–water partition coefficient (Wildman–Crippen LogP) is 5.71. The van der Waals surface area contributed by atoms with Gasteiger partial charge in [0.25, 0.3) is 0 Å². The number of amides is 1. The van der Waals surface area contributed by atoms with Crippen LogP contribution in [0, 0.1) is 0 Å². The van der Waals surface area contributed by atoms with E-state index in [9.17, 15) is 4.79 Å². The van der Waals surface area contributed by atoms with Gasteiger partial charge < -0.3 is 19.1 Å². The fourth-order valence-electron chi connectivity index (χ4n) is 4.02. The number of ether oxygens (including phenoxy) is 3. The van der Waals surface area contributed by atoms with E-state index in [1.54, 1.807) is 7.11 Å². The lowest BCUT2D eigenvalue weighted by Gasteiger charge is -2.39. The smallest absolute Gasteiger partial charge is 0.410 e. The zero-order valence-electron chi connectivity index (χ0n) is 20.0. The van der Waals surface area contributed by atoms with Gasteiger partial charge in [0.15, 0.2) is 11.5 Å². The minimum absolute atomic E-state index is 0.217. The lowest BCUT2D eigenvalue weighted by atomic mass is 10.0. The van der Waals surface area contributed by atoms with Crippen molar-refractivity contribution in [3.8, 4) is 17.2 Å². The first-order valence-electron chi connectivity index (χ1n) is 11.4. The second kappa shape index (κ2) is 10.7. The van der Waals surface area contributed by atoms with Gasteiger partial charge in [-0.2, -0.15) is 0 Å². The zero-order chi connectivity index (χ0) is 23.1. The van der Waals surface area contributed by atoms with E-state index in [0.717, 1.165) is 38.2 Å². The third-order valence-corrected chi connectivity index (χ3v) is 5.55. The van der Waals surface area contributed by atoms with Crippen LogP contribution in [0.15, 0.2) is 48.5 Å². The van der Waals surface area contributed by atoms with Crippen LogP contribution in [0.2, 0.25) is 0 Å². The van der Waals surface area contributed by atoms with Gasteiger partial charge in [-0.1, -0.05) is 31.2 Å². The van der Waals surface area contributed by atoms with Crippen molar-refractivity contribution in [1.82, 2.24) is 9.80 Å². The summed E-state index contributed by atoms with van der Waals surface area (Å²) >= 11 is 0. The summed E-state index contributed by atoms with van der Waals surface area (Å²) in [5, 5.41) is 0. The lowest BCUT2D eigenvalue weighted by Crippen LogP contribution is -2.50. The standard InChI is InChI=1S/C26H36N2O4/c1-6-27(21-12-10-16-28(19-21)25(29)32-26(2,3)4)18-20-11-9-13-22(17-20)31-24-15-8-7-14-23(24)30-5/h7-9,11,13-15,17,21H,6,10,12,16,18-19H2,1-5H3. The first kappa shape index (κ1) is 23.9. The summed E-state index contributed by atoms with van der Waals surface area (Å²) in [6.45, 7) is 11.0. The van der Waals surface area contributed by atoms with Gasteiger partial charge in [-0.15, -0.1) is 0 Å². The molecule has 1 aliphatic heterocycles. The van der Waals surface area contributed by atoms with Crippen molar-refractivity contribution in [3.63, 3.8) is 0 Å². The maximum absolute atomic E-state index is 12.6. The summed E-state index contributed by atoms with van der Waals surface area (Å²) in [7, 11) is 1.64. The molecule has 32 heavy (non-hydrogen) atoms. The molecule has 6 nitrogen and oxygen atoms in total. The molecule has 1 fully saturated rings. The Morgan fingerprint density at radius 2 is 1.88 bits per heavy atom. The Labute approximate surface area is 192 Å². The number of carbonyl (C=O) groups is 1. The Morgan fingerprint density at radius 1 is 1.12 bits per heavy atom. The van der Waals surface area contributed by atoms with E-state index < -0.39 is 5.60 Å². The highest BCUT2D eigenvalue weighted by molar-refractivity contribution is 5.68. The molecule has 6 heteroatoms. The second-order valence-corrected chi connectivity index (χ2v) is 9.19. The summed E-state index contributed by atoms with van der Waals surface area (Å²) in [5.41, 5.74) is 0.699. The summed E-state index contributed by atoms with van der Waals surface area (Å²) in [5.74, 6) is 2.18. The molecule has 1 saturated heterocycles. The quantitative estimate of drug-likeness (QED) is 0.552. The number of likely N-dealkylation sites (N-methyl/N-ethyl adjacent to an activating group) is 1. The van der Waals surface area contributed by atoms with E-state index in [4.69, 9.17) is 14.2 Å². The lowest BCUT2D eigenvalue weighted by molar-refractivity contribution is 0.0102. The van der Waals surface area contributed by atoms with Crippen LogP contribution in [-0.4, -0.2) is 54.3 Å². The number of methoxy groups -OCH3 is 1. The molecule has 1 amide bonds. The molecule has 0 spiro atoms. The normalized spacial score (nSPS) is 16.7. The number of hydrogen-bond acceptors (Lipinski definition) is 5. The third kappa shape index (κ3) is 6.63. The Morgan fingerprint density at radius 3 is 2.56 bits per heavy atom. The van der Waals surface area contributed by atoms with Crippen molar-refractivity contribution in [1.29, 1.82) is 0 Å². The fourth-order valence-corrected chi connectivity index (χ4v) is 4.02. The number of likely N-dealkylation sites (tertiary alicyclic amines) is 1. The van der Waals surface area contributed by atoms with E-state index >= 15 is 0 Å². The van der Waals surface area contributed by atoms with Gasteiger partial charge in [0.2, 0.25) is 0 Å². The predicted molar refractivity (Wildman–Crippen MR) is 126 cm³/mol. The molecule has 0 aliphatic carbocycles. The molecular weight excluding hydrogens is 404 g/mol. The minimum Gasteiger partial charge on any atom is -0.493 e. The fraction of sp³-hybridized carbons (Fsp3) is 0.500. The highest BCUT2D eigenvalue weighted by atomic mass is 16.6. The summed E-state index contributed by atoms with van der Waals surface area (Å²) in [4.78, 5) is 16.8. The van der Waals surface area contributed by atoms with Crippen LogP contribution in [0.25, 0.3) is 0 Å². The number of benzene rings is 2. The molecule has 1 atom stereocenters. The SMILES string of the molecule is CCN(Cc1cccc(Oc2ccccc2OC)c1)C1CCCN(C(=O)OC(C)(C)C)C1. The zero-order valence-corrected chi connectivity index (χ0v) is 20.0. The van der Waals surface area contributed by atoms with Crippen molar-refractivity contribution in [3.05, 3.63) is 54.1 Å². The number of carbonyl (C=O) groups excluding carboxylic acids is 1. The van der Waals surface area contributed by atoms with Gasteiger partial charge in [-0.05, 0) is 70.0 Å². The Kier molecular flexibility index (Phi) is 8.02. The van der Waals surface area contributed by atoms with Gasteiger partial charge >= 0.3 is 6.09 Å². The van der Waals surface area contributed by atoms with Crippen LogP contribution < -0.4 is 9.47 Å². The van der Waals surface area contributed by atoms with E-state index in [-0.39, 0.29) is 6.09 Å². The molecule has 0 saturated carbocycles. The van der Waals surface area contributed by atoms with Crippen molar-refractivity contribution in [2.75, 3.05) is 26.7 Å². The van der Waals surface area contributed by atoms with Crippen molar-refractivity contribution < 1.29 is 19.0 Å². The highest BCUT2D eigenvalue weighted by Gasteiger charge is 2.30. The molecule has 1 unspecified atom stereocenters. The van der Waals surface area contributed by atoms with Crippen LogP contribution in [0.5, 0.6) is 17.2 Å². The largest absolute Gasteiger partial charge is 0.493 e. The van der Waals surface area contributed by atoms with E-state index in [1.165, 1.54) is 5.56 Å². The summed E-state index contributed by atoms with van der Waals surface area (Å²) < 4.78 is 17.1. The van der Waals surface area contributed by atoms with Crippen LogP contribution in [0.3, 0.4) is 0 Å². The highest BCUT2D eigenvalue weighted by Crippen LogP contribution is 2.31. The molecule has 0 aromatic heterocycles. The molecular formula is C26H36N2O4. The first-order chi connectivity index (χ1) is 15.3. The molecule has 174 valence electrons. The molecule has 1 aliphatic rings. The topological polar surface area (TPSA) is 51.2 Å². The van der Waals surface area contributed by atoms with E-state index in [1.807, 2.05) is 62.1 Å². The minimum atomic E-state index is -0.476. The second-order valence-electron chi connectivity index (χ2n) is 9.19. The van der Waals surface area contributed by atoms with Crippen molar-refractivity contribution >= 4 is 6.09 Å². The Balaban J connectivity index is 1.66. The molecule has 0 N–H and O–H groups in total. The van der Waals surface area contributed by atoms with Gasteiger partial charge in [0.05, 0.1) is 7.11 Å². The average molecular weight is 441 g/mol. The first-order valence-corrected chi connectivity index (χ1v) is 11.4. The molecule has 0 bridgehead atoms. The number of rotatable bonds is 7. The van der Waals surface area contributed by atoms with Gasteiger partial charge in [0, 0.05) is 25.7 Å². The van der Waals surface area contributed by atoms with Crippen LogP contribution in [0.4, 0.5) is 4.79 Å². The number of piperidine rings is 1. The third-order valence-electron chi connectivity index (χ3n) is 5.55. The van der Waals surface area contributed by atoms with E-state index in [0.29, 0.717) is 24.1 Å². The Bertz CT molecular complexity index is 893. The van der Waals surface area contributed by atoms with Gasteiger partial charge in [-0.25, -0.2) is 4.79 Å². The molecule has 3 rings (SSSR count). The Hall–Kier alpha value is -2.73. The molecule has 1 heterocycles. The average Bonchev–Trinajstić information content (AvgIpc) is 2.77. The summed E-state index contributed by atoms with van der Waals surface area (Å²) in [6.07, 6.45) is 1.84. The van der Waals surface area contributed by atoms with Gasteiger partial charge in [-0.3, -0.25) is 4.90 Å². The van der Waals surface area contributed by atoms with Gasteiger partial charge in [0.1, 0.15) is 11.4 Å². The number of nitrogens with zero attached hydrogens (tertiary/aromatic N) is 2. The van der Waals surface area contributed by atoms with E-state index in [2.05, 4.69) is 24.0 Å². The summed E-state index contributed by atoms with van der Waals surface area (Å²) in [6, 6.07) is 16.1. The van der Waals surface area contributed by atoms with Crippen molar-refractivity contribution in [2.24, 2.45) is 0 Å². The molecule has 0 radical (unpaired) electrons. The maximum Gasteiger partial charge on any atom is 0.410 e. The van der Waals surface area contributed by atoms with Crippen LogP contribution in [-0.2, 0) is 11.3 Å². The maximum atomic E-state index is 12.6.